The fourth-order valence-corrected chi connectivity index (χ4v) is 5.16. The average molecular weight is 795 g/mol. The topological polar surface area (TPSA) is 147 Å². The van der Waals surface area contributed by atoms with Gasteiger partial charge in [-0.05, 0) is 31.0 Å². The SMILES string of the molecule is O=[C-]CCOCCOCCOCCOCCOCCOCI.[CH2-]CN(C[CH2-])c1ccc2c(c1)C(=O)N(C1CCC(=O)CCCC1=O)C2=O.[Li+]. The maximum Gasteiger partial charge on any atom is 1.00 e. The zero-order valence-corrected chi connectivity index (χ0v) is 30.8. The number of fused-ring (bicyclic) bond motifs is 1. The van der Waals surface area contributed by atoms with Gasteiger partial charge in [-0.3, -0.25) is 30.4 Å². The van der Waals surface area contributed by atoms with E-state index >= 15 is 0 Å². The van der Waals surface area contributed by atoms with Crippen LogP contribution in [0.15, 0.2) is 18.2 Å². The van der Waals surface area contributed by atoms with E-state index in [9.17, 15) is 24.0 Å². The van der Waals surface area contributed by atoms with Gasteiger partial charge < -0.3 is 52.0 Å². The van der Waals surface area contributed by atoms with Gasteiger partial charge in [0.25, 0.3) is 11.8 Å². The van der Waals surface area contributed by atoms with Crippen molar-refractivity contribution < 1.29 is 71.3 Å². The molecule has 15 heteroatoms. The van der Waals surface area contributed by atoms with E-state index in [2.05, 4.69) is 36.4 Å². The fraction of sp³-hybridized carbons (Fsp3) is 0.618. The molecule has 1 heterocycles. The van der Waals surface area contributed by atoms with Crippen molar-refractivity contribution in [1.29, 1.82) is 0 Å². The van der Waals surface area contributed by atoms with E-state index in [0.717, 1.165) is 10.6 Å². The van der Waals surface area contributed by atoms with Crippen LogP contribution in [0.4, 0.5) is 5.69 Å². The van der Waals surface area contributed by atoms with Crippen molar-refractivity contribution in [3.63, 3.8) is 0 Å². The van der Waals surface area contributed by atoms with E-state index in [1.807, 2.05) is 4.90 Å². The van der Waals surface area contributed by atoms with Crippen LogP contribution in [0.1, 0.15) is 59.2 Å². The van der Waals surface area contributed by atoms with Crippen LogP contribution in [0, 0.1) is 13.8 Å². The monoisotopic (exact) mass is 794 g/mol. The first-order valence-electron chi connectivity index (χ1n) is 16.2. The second-order valence-corrected chi connectivity index (χ2v) is 11.2. The summed E-state index contributed by atoms with van der Waals surface area (Å²) in [4.78, 5) is 62.8. The predicted octanol–water partition coefficient (Wildman–Crippen LogP) is 0.210. The largest absolute Gasteiger partial charge is 1.00 e. The van der Waals surface area contributed by atoms with Gasteiger partial charge in [0.2, 0.25) is 0 Å². The molecule has 0 bridgehead atoms. The van der Waals surface area contributed by atoms with Crippen LogP contribution in [0.5, 0.6) is 0 Å². The summed E-state index contributed by atoms with van der Waals surface area (Å²) in [5, 5.41) is 0. The van der Waals surface area contributed by atoms with E-state index in [4.69, 9.17) is 28.4 Å². The summed E-state index contributed by atoms with van der Waals surface area (Å²) in [6.45, 7) is 14.5. The number of amides is 2. The summed E-state index contributed by atoms with van der Waals surface area (Å²) in [5.41, 5.74) is 1.35. The summed E-state index contributed by atoms with van der Waals surface area (Å²) >= 11 is 2.15. The first-order chi connectivity index (χ1) is 23.4. The average Bonchev–Trinajstić information content (AvgIpc) is 3.33. The standard InChI is InChI=1S/C20H22N2O4.C14H26IO7.Li/c1-3-21(4-2)13-8-10-15-16(12-13)20(26)22(19(15)25)17-11-9-14(23)6-5-7-18(17)24;15-14-22-13-12-21-11-10-20-9-8-19-7-6-18-5-4-17-3-1-2-16;/h8,10,12,17H,1-7,9,11H2;1,3-14H2;/q-2;-1;+1. The first-order valence-corrected chi connectivity index (χ1v) is 17.7. The smallest absolute Gasteiger partial charge is 0.542 e. The van der Waals surface area contributed by atoms with Crippen LogP contribution >= 0.6 is 22.6 Å². The van der Waals surface area contributed by atoms with Crippen LogP contribution in [0.2, 0.25) is 0 Å². The van der Waals surface area contributed by atoms with Crippen LogP contribution < -0.4 is 23.8 Å². The Kier molecular flexibility index (Phi) is 25.8. The Bertz CT molecular complexity index is 1140. The maximum atomic E-state index is 12.9. The van der Waals surface area contributed by atoms with Gasteiger partial charge in [0.05, 0.1) is 87.9 Å². The number of rotatable bonds is 23. The number of hydrogen-bond donors (Lipinski definition) is 0. The van der Waals surface area contributed by atoms with E-state index in [-0.39, 0.29) is 49.7 Å². The van der Waals surface area contributed by atoms with Gasteiger partial charge >= 0.3 is 18.9 Å². The molecule has 0 radical (unpaired) electrons. The van der Waals surface area contributed by atoms with Gasteiger partial charge in [-0.1, -0.05) is 22.6 Å². The first kappa shape index (κ1) is 45.3. The molecule has 13 nitrogen and oxygen atoms in total. The van der Waals surface area contributed by atoms with Crippen molar-refractivity contribution in [1.82, 2.24) is 4.90 Å². The Balaban J connectivity index is 0.000000489. The van der Waals surface area contributed by atoms with Crippen LogP contribution in [0.25, 0.3) is 0 Å². The van der Waals surface area contributed by atoms with Crippen molar-refractivity contribution in [2.45, 2.75) is 44.6 Å². The quantitative estimate of drug-likeness (QED) is 0.0373. The molecule has 1 saturated carbocycles. The minimum absolute atomic E-state index is 0. The molecule has 49 heavy (non-hydrogen) atoms. The second-order valence-electron chi connectivity index (χ2n) is 10.6. The number of halogens is 1. The minimum Gasteiger partial charge on any atom is -0.542 e. The van der Waals surface area contributed by atoms with Gasteiger partial charge in [0.1, 0.15) is 5.78 Å². The number of benzene rings is 1. The molecule has 2 aliphatic rings. The number of ether oxygens (including phenoxy) is 6. The zero-order valence-electron chi connectivity index (χ0n) is 28.6. The van der Waals surface area contributed by atoms with Crippen molar-refractivity contribution in [2.24, 2.45) is 0 Å². The number of imide groups is 1. The third-order valence-corrected chi connectivity index (χ3v) is 7.79. The van der Waals surface area contributed by atoms with Crippen molar-refractivity contribution in [3.05, 3.63) is 43.2 Å². The van der Waals surface area contributed by atoms with Crippen molar-refractivity contribution >= 4 is 57.9 Å². The number of hydrogen-bond acceptors (Lipinski definition) is 12. The zero-order chi connectivity index (χ0) is 35.0. The van der Waals surface area contributed by atoms with Crippen molar-refractivity contribution in [2.75, 3.05) is 95.3 Å². The minimum atomic E-state index is -0.855. The van der Waals surface area contributed by atoms with Gasteiger partial charge in [-0.25, -0.2) is 0 Å². The Morgan fingerprint density at radius 1 is 0.735 bits per heavy atom. The molecular formula is C34H48ILiN2O11-2. The van der Waals surface area contributed by atoms with Crippen molar-refractivity contribution in [3.8, 4) is 0 Å². The molecule has 270 valence electrons. The molecule has 0 spiro atoms. The van der Waals surface area contributed by atoms with E-state index in [0.29, 0.717) is 121 Å². The Hall–Kier alpha value is -1.74. The molecule has 1 aliphatic carbocycles. The third kappa shape index (κ3) is 16.9. The summed E-state index contributed by atoms with van der Waals surface area (Å²) in [6, 6.07) is 4.17. The molecule has 0 saturated heterocycles. The Morgan fingerprint density at radius 2 is 1.24 bits per heavy atom. The van der Waals surface area contributed by atoms with Crippen LogP contribution in [-0.4, -0.2) is 131 Å². The van der Waals surface area contributed by atoms with E-state index in [1.54, 1.807) is 24.5 Å². The molecule has 0 aromatic heterocycles. The molecule has 1 atom stereocenters. The van der Waals surface area contributed by atoms with Gasteiger partial charge in [0.15, 0.2) is 5.78 Å². The molecule has 1 aromatic carbocycles. The molecule has 3 rings (SSSR count). The number of ketones is 2. The number of alkyl halides is 1. The number of carbonyl (C=O) groups excluding carboxylic acids is 5. The molecule has 1 aliphatic heterocycles. The molecule has 0 N–H and O–H groups in total. The van der Waals surface area contributed by atoms with E-state index in [1.165, 1.54) is 0 Å². The summed E-state index contributed by atoms with van der Waals surface area (Å²) in [5.74, 6) is -1.00. The third-order valence-electron chi connectivity index (χ3n) is 7.35. The number of carbonyl (C=O) groups is 4. The Morgan fingerprint density at radius 3 is 1.76 bits per heavy atom. The molecular weight excluding hydrogens is 746 g/mol. The molecule has 2 amide bonds. The fourth-order valence-electron chi connectivity index (χ4n) is 4.85. The molecule has 1 fully saturated rings. The van der Waals surface area contributed by atoms with E-state index < -0.39 is 17.9 Å². The number of nitrogens with zero attached hydrogens (tertiary/aromatic N) is 2. The number of Topliss-reactive ketones (excluding diaryl/α,β-unsaturated/α-hetero) is 2. The van der Waals surface area contributed by atoms with Gasteiger partial charge in [-0.2, -0.15) is 0 Å². The van der Waals surface area contributed by atoms with Crippen LogP contribution in [0.3, 0.4) is 0 Å². The van der Waals surface area contributed by atoms with Crippen LogP contribution in [-0.2, 0) is 42.8 Å². The molecule has 1 aromatic rings. The second kappa shape index (κ2) is 27.9. The Labute approximate surface area is 315 Å². The summed E-state index contributed by atoms with van der Waals surface area (Å²) < 4.78 is 32.2. The predicted molar refractivity (Wildman–Crippen MR) is 186 cm³/mol. The molecule has 1 unspecified atom stereocenters. The van der Waals surface area contributed by atoms with Gasteiger partial charge in [-0.15, -0.1) is 19.5 Å². The normalized spacial score (nSPS) is 16.0. The summed E-state index contributed by atoms with van der Waals surface area (Å²) in [6.07, 6.45) is 3.56. The maximum absolute atomic E-state index is 12.9. The van der Waals surface area contributed by atoms with Gasteiger partial charge in [0, 0.05) is 31.6 Å². The number of anilines is 1. The summed E-state index contributed by atoms with van der Waals surface area (Å²) in [7, 11) is 0.